The van der Waals surface area contributed by atoms with Gasteiger partial charge in [0.05, 0.1) is 5.84 Å². The summed E-state index contributed by atoms with van der Waals surface area (Å²) in [6, 6.07) is 0.757. The van der Waals surface area contributed by atoms with Crippen LogP contribution in [0.5, 0.6) is 0 Å². The molecule has 0 radical (unpaired) electrons. The molecule has 2 aliphatic carbocycles. The molecule has 2 nitrogen and oxygen atoms in total. The Morgan fingerprint density at radius 1 is 1.07 bits per heavy atom. The lowest BCUT2D eigenvalue weighted by atomic mass is 10.0. The second kappa shape index (κ2) is 3.25. The molecular weight excluding hydrogens is 172 g/mol. The van der Waals surface area contributed by atoms with Crippen LogP contribution in [0, 0.1) is 17.2 Å². The van der Waals surface area contributed by atoms with Crippen LogP contribution in [0.2, 0.25) is 0 Å². The molecular formula is C12H20N2. The van der Waals surface area contributed by atoms with Crippen molar-refractivity contribution < 1.29 is 0 Å². The van der Waals surface area contributed by atoms with Crippen LogP contribution in [-0.4, -0.2) is 23.3 Å². The molecule has 3 aliphatic rings. The molecule has 14 heavy (non-hydrogen) atoms. The van der Waals surface area contributed by atoms with Crippen molar-refractivity contribution in [2.24, 2.45) is 11.8 Å². The van der Waals surface area contributed by atoms with Gasteiger partial charge in [-0.1, -0.05) is 12.8 Å². The van der Waals surface area contributed by atoms with E-state index < -0.39 is 0 Å². The van der Waals surface area contributed by atoms with E-state index in [1.165, 1.54) is 51.5 Å². The van der Waals surface area contributed by atoms with Crippen molar-refractivity contribution in [2.75, 3.05) is 6.54 Å². The van der Waals surface area contributed by atoms with E-state index in [4.69, 9.17) is 5.41 Å². The zero-order chi connectivity index (χ0) is 9.54. The number of fused-ring (bicyclic) bond motifs is 2. The zero-order valence-corrected chi connectivity index (χ0v) is 8.84. The molecule has 2 atom stereocenters. The molecule has 1 saturated heterocycles. The highest BCUT2D eigenvalue weighted by Gasteiger charge is 2.40. The lowest BCUT2D eigenvalue weighted by Gasteiger charge is -2.32. The predicted octanol–water partition coefficient (Wildman–Crippen LogP) is 2.64. The van der Waals surface area contributed by atoms with E-state index in [0.29, 0.717) is 5.92 Å². The number of hydrogen-bond donors (Lipinski definition) is 1. The van der Waals surface area contributed by atoms with Crippen LogP contribution in [0.25, 0.3) is 0 Å². The molecule has 2 unspecified atom stereocenters. The summed E-state index contributed by atoms with van der Waals surface area (Å²) in [5.41, 5.74) is 0. The summed E-state index contributed by atoms with van der Waals surface area (Å²) in [5.74, 6) is 2.55. The quantitative estimate of drug-likeness (QED) is 0.502. The van der Waals surface area contributed by atoms with Gasteiger partial charge >= 0.3 is 0 Å². The summed E-state index contributed by atoms with van der Waals surface area (Å²) in [7, 11) is 0. The van der Waals surface area contributed by atoms with Gasteiger partial charge in [0.15, 0.2) is 0 Å². The Hall–Kier alpha value is -0.530. The van der Waals surface area contributed by atoms with Gasteiger partial charge in [-0.25, -0.2) is 0 Å². The molecule has 78 valence electrons. The Morgan fingerprint density at radius 3 is 2.43 bits per heavy atom. The Balaban J connectivity index is 1.67. The first-order valence-electron chi connectivity index (χ1n) is 6.19. The van der Waals surface area contributed by atoms with Gasteiger partial charge in [-0.2, -0.15) is 0 Å². The van der Waals surface area contributed by atoms with E-state index in [9.17, 15) is 0 Å². The molecule has 1 aliphatic heterocycles. The van der Waals surface area contributed by atoms with Crippen LogP contribution in [0.1, 0.15) is 44.9 Å². The second-order valence-electron chi connectivity index (χ2n) is 5.35. The average Bonchev–Trinajstić information content (AvgIpc) is 2.93. The highest BCUT2D eigenvalue weighted by molar-refractivity contribution is 5.82. The minimum atomic E-state index is 0.620. The third-order valence-electron chi connectivity index (χ3n) is 4.46. The summed E-state index contributed by atoms with van der Waals surface area (Å²) in [6.45, 7) is 1.21. The largest absolute Gasteiger partial charge is 0.357 e. The van der Waals surface area contributed by atoms with E-state index in [-0.39, 0.29) is 0 Å². The van der Waals surface area contributed by atoms with Crippen molar-refractivity contribution in [3.8, 4) is 0 Å². The van der Waals surface area contributed by atoms with E-state index in [1.807, 2.05) is 0 Å². The van der Waals surface area contributed by atoms with Gasteiger partial charge in [-0.3, -0.25) is 5.41 Å². The Morgan fingerprint density at radius 2 is 1.86 bits per heavy atom. The predicted molar refractivity (Wildman–Crippen MR) is 57.5 cm³/mol. The van der Waals surface area contributed by atoms with E-state index >= 15 is 0 Å². The monoisotopic (exact) mass is 192 g/mol. The molecule has 1 N–H and O–H groups in total. The zero-order valence-electron chi connectivity index (χ0n) is 8.84. The summed E-state index contributed by atoms with van der Waals surface area (Å²) >= 11 is 0. The summed E-state index contributed by atoms with van der Waals surface area (Å²) in [4.78, 5) is 2.43. The van der Waals surface area contributed by atoms with Gasteiger partial charge in [-0.15, -0.1) is 0 Å². The minimum Gasteiger partial charge on any atom is -0.357 e. The second-order valence-corrected chi connectivity index (χ2v) is 5.35. The fraction of sp³-hybridized carbons (Fsp3) is 0.917. The number of nitrogens with one attached hydrogen (secondary N) is 1. The van der Waals surface area contributed by atoms with Gasteiger partial charge in [0.2, 0.25) is 0 Å². The van der Waals surface area contributed by atoms with Crippen molar-refractivity contribution >= 4 is 5.84 Å². The van der Waals surface area contributed by atoms with Crippen molar-refractivity contribution in [3.63, 3.8) is 0 Å². The first-order valence-corrected chi connectivity index (χ1v) is 6.19. The van der Waals surface area contributed by atoms with Gasteiger partial charge in [-0.05, 0) is 38.0 Å². The normalized spacial score (nSPS) is 37.0. The van der Waals surface area contributed by atoms with Crippen LogP contribution in [0.4, 0.5) is 0 Å². The van der Waals surface area contributed by atoms with Gasteiger partial charge < -0.3 is 4.90 Å². The number of piperidine rings is 1. The minimum absolute atomic E-state index is 0.620. The standard InChI is InChI=1S/C12H20N2/c13-12(10-3-1-2-4-10)14-8-9-5-6-11(14)7-9/h9-11,13H,1-8H2. The molecule has 0 aromatic carbocycles. The Bertz CT molecular complexity index is 243. The van der Waals surface area contributed by atoms with Crippen LogP contribution in [0.3, 0.4) is 0 Å². The summed E-state index contributed by atoms with van der Waals surface area (Å²) in [6.07, 6.45) is 9.46. The third kappa shape index (κ3) is 1.27. The maximum Gasteiger partial charge on any atom is 0.0992 e. The molecule has 0 aromatic rings. The van der Waals surface area contributed by atoms with Crippen molar-refractivity contribution in [2.45, 2.75) is 51.0 Å². The van der Waals surface area contributed by atoms with E-state index in [0.717, 1.165) is 17.8 Å². The van der Waals surface area contributed by atoms with Crippen molar-refractivity contribution in [3.05, 3.63) is 0 Å². The first kappa shape index (κ1) is 8.75. The maximum atomic E-state index is 8.26. The smallest absolute Gasteiger partial charge is 0.0992 e. The molecule has 3 fully saturated rings. The third-order valence-corrected chi connectivity index (χ3v) is 4.46. The lowest BCUT2D eigenvalue weighted by molar-refractivity contribution is 0.309. The number of nitrogens with zero attached hydrogens (tertiary/aromatic N) is 1. The van der Waals surface area contributed by atoms with Crippen molar-refractivity contribution in [1.29, 1.82) is 5.41 Å². The summed E-state index contributed by atoms with van der Waals surface area (Å²) in [5, 5.41) is 8.26. The maximum absolute atomic E-state index is 8.26. The van der Waals surface area contributed by atoms with Crippen LogP contribution < -0.4 is 0 Å². The number of hydrogen-bond acceptors (Lipinski definition) is 1. The lowest BCUT2D eigenvalue weighted by Crippen LogP contribution is -2.40. The molecule has 1 heterocycles. The van der Waals surface area contributed by atoms with Gasteiger partial charge in [0.25, 0.3) is 0 Å². The molecule has 3 rings (SSSR count). The van der Waals surface area contributed by atoms with Crippen LogP contribution in [0.15, 0.2) is 0 Å². The number of rotatable bonds is 1. The fourth-order valence-electron chi connectivity index (χ4n) is 3.65. The Kier molecular flexibility index (Phi) is 2.03. The average molecular weight is 192 g/mol. The van der Waals surface area contributed by atoms with Gasteiger partial charge in [0, 0.05) is 18.5 Å². The molecule has 2 bridgehead atoms. The molecule has 0 spiro atoms. The van der Waals surface area contributed by atoms with Gasteiger partial charge in [0.1, 0.15) is 0 Å². The highest BCUT2D eigenvalue weighted by atomic mass is 15.2. The molecule has 0 aromatic heterocycles. The summed E-state index contributed by atoms with van der Waals surface area (Å²) < 4.78 is 0. The topological polar surface area (TPSA) is 27.1 Å². The number of likely N-dealkylation sites (tertiary alicyclic amines) is 1. The SMILES string of the molecule is N=C(C1CCCC1)N1CC2CCC1C2. The first-order chi connectivity index (χ1) is 6.84. The van der Waals surface area contributed by atoms with Crippen molar-refractivity contribution in [1.82, 2.24) is 4.90 Å². The molecule has 2 saturated carbocycles. The highest BCUT2D eigenvalue weighted by Crippen LogP contribution is 2.39. The fourth-order valence-corrected chi connectivity index (χ4v) is 3.65. The van der Waals surface area contributed by atoms with Crippen LogP contribution in [-0.2, 0) is 0 Å². The Labute approximate surface area is 86.2 Å². The van der Waals surface area contributed by atoms with E-state index in [2.05, 4.69) is 4.90 Å². The molecule has 2 heteroatoms. The van der Waals surface area contributed by atoms with Crippen LogP contribution >= 0.6 is 0 Å². The number of amidine groups is 1. The molecule has 0 amide bonds. The van der Waals surface area contributed by atoms with E-state index in [1.54, 1.807) is 0 Å².